The Morgan fingerprint density at radius 1 is 1.38 bits per heavy atom. The summed E-state index contributed by atoms with van der Waals surface area (Å²) in [6.45, 7) is 3.78. The molecule has 0 radical (unpaired) electrons. The number of nitrogens with one attached hydrogen (secondary N) is 2. The van der Waals surface area contributed by atoms with Crippen LogP contribution in [0.25, 0.3) is 5.69 Å². The molecule has 1 aromatic carbocycles. The van der Waals surface area contributed by atoms with Crippen molar-refractivity contribution in [2.45, 2.75) is 38.1 Å². The van der Waals surface area contributed by atoms with Gasteiger partial charge in [0.2, 0.25) is 0 Å². The molecule has 5 nitrogen and oxygen atoms in total. The van der Waals surface area contributed by atoms with Gasteiger partial charge in [0.15, 0.2) is 0 Å². The van der Waals surface area contributed by atoms with E-state index in [1.54, 1.807) is 6.20 Å². The standard InChI is InChI=1S/C18H21ClN4O/c1-11-2-5-14(8-16(11)19)23-17(12-3-4-12)15(10-21-23)18(24)22-13-6-7-20-9-13/h2,5,8,10,12-13,20H,3-4,6-7,9H2,1H3,(H,22,24). The summed E-state index contributed by atoms with van der Waals surface area (Å²) in [5.74, 6) is 0.394. The molecular formula is C18H21ClN4O. The third kappa shape index (κ3) is 2.94. The maximum atomic E-state index is 12.7. The maximum Gasteiger partial charge on any atom is 0.255 e. The van der Waals surface area contributed by atoms with Crippen LogP contribution in [0, 0.1) is 6.92 Å². The molecule has 0 spiro atoms. The van der Waals surface area contributed by atoms with Crippen molar-refractivity contribution in [1.29, 1.82) is 0 Å². The summed E-state index contributed by atoms with van der Waals surface area (Å²) in [5.41, 5.74) is 3.65. The van der Waals surface area contributed by atoms with Gasteiger partial charge in [-0.15, -0.1) is 0 Å². The smallest absolute Gasteiger partial charge is 0.255 e. The van der Waals surface area contributed by atoms with E-state index >= 15 is 0 Å². The van der Waals surface area contributed by atoms with E-state index in [-0.39, 0.29) is 11.9 Å². The molecule has 2 aliphatic rings. The average molecular weight is 345 g/mol. The van der Waals surface area contributed by atoms with Gasteiger partial charge >= 0.3 is 0 Å². The topological polar surface area (TPSA) is 59.0 Å². The number of rotatable bonds is 4. The second-order valence-corrected chi connectivity index (χ2v) is 7.13. The van der Waals surface area contributed by atoms with Crippen LogP contribution < -0.4 is 10.6 Å². The van der Waals surface area contributed by atoms with E-state index in [0.29, 0.717) is 16.5 Å². The van der Waals surface area contributed by atoms with Crippen molar-refractivity contribution in [2.75, 3.05) is 13.1 Å². The minimum absolute atomic E-state index is 0.0185. The van der Waals surface area contributed by atoms with Crippen LogP contribution in [0.1, 0.15) is 46.8 Å². The summed E-state index contributed by atoms with van der Waals surface area (Å²) < 4.78 is 1.88. The summed E-state index contributed by atoms with van der Waals surface area (Å²) >= 11 is 6.27. The number of hydrogen-bond donors (Lipinski definition) is 2. The molecule has 126 valence electrons. The van der Waals surface area contributed by atoms with E-state index in [1.807, 2.05) is 29.8 Å². The first-order chi connectivity index (χ1) is 11.6. The Balaban J connectivity index is 1.67. The monoisotopic (exact) mass is 344 g/mol. The van der Waals surface area contributed by atoms with Gasteiger partial charge in [-0.05, 0) is 50.4 Å². The number of benzene rings is 1. The number of carbonyl (C=O) groups excluding carboxylic acids is 1. The Labute approximate surface area is 146 Å². The summed E-state index contributed by atoms with van der Waals surface area (Å²) in [7, 11) is 0. The van der Waals surface area contributed by atoms with Crippen molar-refractivity contribution >= 4 is 17.5 Å². The van der Waals surface area contributed by atoms with Crippen molar-refractivity contribution < 1.29 is 4.79 Å². The second kappa shape index (κ2) is 6.22. The summed E-state index contributed by atoms with van der Waals surface area (Å²) in [4.78, 5) is 12.7. The van der Waals surface area contributed by atoms with Crippen LogP contribution in [0.2, 0.25) is 5.02 Å². The Hall–Kier alpha value is -1.85. The van der Waals surface area contributed by atoms with Gasteiger partial charge in [0.1, 0.15) is 0 Å². The van der Waals surface area contributed by atoms with Crippen molar-refractivity contribution in [1.82, 2.24) is 20.4 Å². The highest BCUT2D eigenvalue weighted by atomic mass is 35.5. The molecule has 1 saturated carbocycles. The average Bonchev–Trinajstić information content (AvgIpc) is 3.09. The molecule has 1 aliphatic heterocycles. The zero-order valence-corrected chi connectivity index (χ0v) is 14.4. The Morgan fingerprint density at radius 3 is 2.88 bits per heavy atom. The van der Waals surface area contributed by atoms with Crippen LogP contribution >= 0.6 is 11.6 Å². The number of hydrogen-bond acceptors (Lipinski definition) is 3. The SMILES string of the molecule is Cc1ccc(-n2ncc(C(=O)NC3CCNC3)c2C2CC2)cc1Cl. The molecule has 1 aliphatic carbocycles. The third-order valence-corrected chi connectivity index (χ3v) is 5.22. The highest BCUT2D eigenvalue weighted by Gasteiger charge is 2.33. The molecule has 0 bridgehead atoms. The largest absolute Gasteiger partial charge is 0.348 e. The first-order valence-corrected chi connectivity index (χ1v) is 8.87. The van der Waals surface area contributed by atoms with E-state index in [1.165, 1.54) is 0 Å². The van der Waals surface area contributed by atoms with Crippen LogP contribution in [0.4, 0.5) is 0 Å². The fraction of sp³-hybridized carbons (Fsp3) is 0.444. The molecule has 1 unspecified atom stereocenters. The Morgan fingerprint density at radius 2 is 2.21 bits per heavy atom. The van der Waals surface area contributed by atoms with Gasteiger partial charge in [-0.25, -0.2) is 4.68 Å². The van der Waals surface area contributed by atoms with Crippen LogP contribution in [-0.2, 0) is 0 Å². The molecule has 4 rings (SSSR count). The summed E-state index contributed by atoms with van der Waals surface area (Å²) in [5, 5.41) is 11.6. The molecule has 2 aromatic rings. The number of aromatic nitrogens is 2. The first kappa shape index (κ1) is 15.7. The molecule has 2 fully saturated rings. The minimum Gasteiger partial charge on any atom is -0.348 e. The van der Waals surface area contributed by atoms with Crippen LogP contribution in [-0.4, -0.2) is 34.8 Å². The second-order valence-electron chi connectivity index (χ2n) is 6.73. The lowest BCUT2D eigenvalue weighted by molar-refractivity contribution is 0.0939. The van der Waals surface area contributed by atoms with E-state index < -0.39 is 0 Å². The number of amides is 1. The predicted octanol–water partition coefficient (Wildman–Crippen LogP) is 2.80. The normalized spacial score (nSPS) is 20.3. The van der Waals surface area contributed by atoms with E-state index in [9.17, 15) is 4.79 Å². The lowest BCUT2D eigenvalue weighted by Crippen LogP contribution is -2.36. The van der Waals surface area contributed by atoms with Crippen LogP contribution in [0.15, 0.2) is 24.4 Å². The fourth-order valence-corrected chi connectivity index (χ4v) is 3.42. The first-order valence-electron chi connectivity index (χ1n) is 8.49. The van der Waals surface area contributed by atoms with Crippen LogP contribution in [0.3, 0.4) is 0 Å². The van der Waals surface area contributed by atoms with Gasteiger partial charge in [-0.3, -0.25) is 4.79 Å². The molecule has 1 aromatic heterocycles. The van der Waals surface area contributed by atoms with Crippen molar-refractivity contribution in [2.24, 2.45) is 0 Å². The molecule has 24 heavy (non-hydrogen) atoms. The highest BCUT2D eigenvalue weighted by molar-refractivity contribution is 6.31. The minimum atomic E-state index is -0.0185. The predicted molar refractivity (Wildman–Crippen MR) is 94.0 cm³/mol. The number of halogens is 1. The molecule has 1 saturated heterocycles. The van der Waals surface area contributed by atoms with Gasteiger partial charge in [0, 0.05) is 23.5 Å². The van der Waals surface area contributed by atoms with Crippen LogP contribution in [0.5, 0.6) is 0 Å². The Bertz CT molecular complexity index is 775. The zero-order valence-electron chi connectivity index (χ0n) is 13.7. The van der Waals surface area contributed by atoms with E-state index in [2.05, 4.69) is 15.7 Å². The highest BCUT2D eigenvalue weighted by Crippen LogP contribution is 2.42. The van der Waals surface area contributed by atoms with Crippen molar-refractivity contribution in [3.8, 4) is 5.69 Å². The quantitative estimate of drug-likeness (QED) is 0.896. The zero-order chi connectivity index (χ0) is 16.7. The molecule has 2 N–H and O–H groups in total. The van der Waals surface area contributed by atoms with Gasteiger partial charge in [-0.1, -0.05) is 17.7 Å². The van der Waals surface area contributed by atoms with Gasteiger partial charge in [-0.2, -0.15) is 5.10 Å². The number of carbonyl (C=O) groups is 1. The van der Waals surface area contributed by atoms with Gasteiger partial charge in [0.25, 0.3) is 5.91 Å². The number of nitrogens with zero attached hydrogens (tertiary/aromatic N) is 2. The molecule has 6 heteroatoms. The van der Waals surface area contributed by atoms with E-state index in [4.69, 9.17) is 11.6 Å². The van der Waals surface area contributed by atoms with E-state index in [0.717, 1.165) is 49.3 Å². The molecular weight excluding hydrogens is 324 g/mol. The molecule has 2 heterocycles. The van der Waals surface area contributed by atoms with Crippen molar-refractivity contribution in [3.05, 3.63) is 46.2 Å². The molecule has 1 atom stereocenters. The Kier molecular flexibility index (Phi) is 4.06. The summed E-state index contributed by atoms with van der Waals surface area (Å²) in [6.07, 6.45) is 4.89. The van der Waals surface area contributed by atoms with Crippen molar-refractivity contribution in [3.63, 3.8) is 0 Å². The lowest BCUT2D eigenvalue weighted by Gasteiger charge is -2.13. The number of aryl methyl sites for hydroxylation is 1. The lowest BCUT2D eigenvalue weighted by atomic mass is 10.1. The van der Waals surface area contributed by atoms with Gasteiger partial charge in [0.05, 0.1) is 23.1 Å². The fourth-order valence-electron chi connectivity index (χ4n) is 3.24. The van der Waals surface area contributed by atoms with Gasteiger partial charge < -0.3 is 10.6 Å². The summed E-state index contributed by atoms with van der Waals surface area (Å²) in [6, 6.07) is 6.11. The maximum absolute atomic E-state index is 12.7. The molecule has 1 amide bonds. The third-order valence-electron chi connectivity index (χ3n) is 4.81.